The lowest BCUT2D eigenvalue weighted by molar-refractivity contribution is 0.412. The van der Waals surface area contributed by atoms with Crippen LogP contribution >= 0.6 is 0 Å². The molecule has 112 valence electrons. The number of nitrogens with one attached hydrogen (secondary N) is 1. The molecule has 0 radical (unpaired) electrons. The topological polar surface area (TPSA) is 55.4 Å². The molecule has 2 aromatic carbocycles. The molecule has 0 fully saturated rings. The second kappa shape index (κ2) is 6.18. The van der Waals surface area contributed by atoms with E-state index in [2.05, 4.69) is 4.72 Å². The van der Waals surface area contributed by atoms with Crippen LogP contribution < -0.4 is 9.46 Å². The molecule has 0 bridgehead atoms. The maximum Gasteiger partial charge on any atom is 0.236 e. The van der Waals surface area contributed by atoms with Gasteiger partial charge in [-0.2, -0.15) is 0 Å². The first-order valence-electron chi connectivity index (χ1n) is 6.60. The molecular formula is C16H19NO3S. The summed E-state index contributed by atoms with van der Waals surface area (Å²) in [7, 11) is -1.84. The summed E-state index contributed by atoms with van der Waals surface area (Å²) in [5.41, 5.74) is 3.29. The van der Waals surface area contributed by atoms with Crippen LogP contribution in [0.5, 0.6) is 5.75 Å². The van der Waals surface area contributed by atoms with Crippen LogP contribution in [0, 0.1) is 13.8 Å². The van der Waals surface area contributed by atoms with E-state index in [1.165, 1.54) is 0 Å². The van der Waals surface area contributed by atoms with Gasteiger partial charge in [0.1, 0.15) is 5.75 Å². The Hall–Kier alpha value is -2.01. The van der Waals surface area contributed by atoms with Crippen LogP contribution in [-0.4, -0.2) is 15.5 Å². The van der Waals surface area contributed by atoms with Gasteiger partial charge in [0.15, 0.2) is 0 Å². The lowest BCUT2D eigenvalue weighted by atomic mass is 10.2. The second-order valence-corrected chi connectivity index (χ2v) is 6.75. The van der Waals surface area contributed by atoms with Crippen molar-refractivity contribution in [3.05, 3.63) is 59.2 Å². The summed E-state index contributed by atoms with van der Waals surface area (Å²) in [6.45, 7) is 3.84. The first kappa shape index (κ1) is 15.4. The smallest absolute Gasteiger partial charge is 0.236 e. The zero-order chi connectivity index (χ0) is 15.5. The summed E-state index contributed by atoms with van der Waals surface area (Å²) in [5, 5.41) is 0. The van der Waals surface area contributed by atoms with Crippen molar-refractivity contribution in [2.45, 2.75) is 19.6 Å². The fraction of sp³-hybridized carbons (Fsp3) is 0.250. The Morgan fingerprint density at radius 2 is 1.71 bits per heavy atom. The fourth-order valence-corrected chi connectivity index (χ4v) is 3.25. The number of benzene rings is 2. The van der Waals surface area contributed by atoms with Crippen molar-refractivity contribution < 1.29 is 13.2 Å². The first-order valence-corrected chi connectivity index (χ1v) is 8.25. The molecule has 1 N–H and O–H groups in total. The summed E-state index contributed by atoms with van der Waals surface area (Å²) < 4.78 is 32.1. The highest BCUT2D eigenvalue weighted by Crippen LogP contribution is 2.22. The van der Waals surface area contributed by atoms with E-state index in [1.807, 2.05) is 38.1 Å². The minimum absolute atomic E-state index is 0.0433. The van der Waals surface area contributed by atoms with Crippen LogP contribution in [0.25, 0.3) is 0 Å². The molecular weight excluding hydrogens is 286 g/mol. The van der Waals surface area contributed by atoms with Gasteiger partial charge in [0.25, 0.3) is 0 Å². The molecule has 0 heterocycles. The SMILES string of the molecule is COc1ccc(NS(=O)(=O)Cc2ccc(C)cc2)cc1C. The monoisotopic (exact) mass is 305 g/mol. The van der Waals surface area contributed by atoms with Crippen molar-refractivity contribution in [1.29, 1.82) is 0 Å². The van der Waals surface area contributed by atoms with Crippen LogP contribution in [0.4, 0.5) is 5.69 Å². The van der Waals surface area contributed by atoms with Crippen LogP contribution in [-0.2, 0) is 15.8 Å². The third-order valence-corrected chi connectivity index (χ3v) is 4.41. The number of sulfonamides is 1. The van der Waals surface area contributed by atoms with Gasteiger partial charge in [-0.3, -0.25) is 4.72 Å². The quantitative estimate of drug-likeness (QED) is 0.922. The second-order valence-electron chi connectivity index (χ2n) is 5.03. The molecule has 0 aliphatic carbocycles. The number of rotatable bonds is 5. The predicted molar refractivity (Wildman–Crippen MR) is 85.2 cm³/mol. The third-order valence-electron chi connectivity index (χ3n) is 3.15. The minimum Gasteiger partial charge on any atom is -0.496 e. The standard InChI is InChI=1S/C16H19NO3S/c1-12-4-6-14(7-5-12)11-21(18,19)17-15-8-9-16(20-3)13(2)10-15/h4-10,17H,11H2,1-3H3. The molecule has 5 heteroatoms. The number of hydrogen-bond donors (Lipinski definition) is 1. The van der Waals surface area contributed by atoms with Gasteiger partial charge in [-0.1, -0.05) is 29.8 Å². The van der Waals surface area contributed by atoms with Crippen LogP contribution in [0.1, 0.15) is 16.7 Å². The van der Waals surface area contributed by atoms with Gasteiger partial charge in [-0.15, -0.1) is 0 Å². The van der Waals surface area contributed by atoms with Crippen LogP contribution in [0.3, 0.4) is 0 Å². The van der Waals surface area contributed by atoms with Crippen molar-refractivity contribution in [3.63, 3.8) is 0 Å². The van der Waals surface area contributed by atoms with Gasteiger partial charge in [-0.25, -0.2) is 8.42 Å². The Labute approximate surface area is 125 Å². The van der Waals surface area contributed by atoms with E-state index in [0.717, 1.165) is 22.4 Å². The van der Waals surface area contributed by atoms with Gasteiger partial charge in [0.05, 0.1) is 12.9 Å². The number of ether oxygens (including phenoxy) is 1. The summed E-state index contributed by atoms with van der Waals surface area (Å²) in [6, 6.07) is 12.7. The molecule has 4 nitrogen and oxygen atoms in total. The van der Waals surface area contributed by atoms with Crippen molar-refractivity contribution in [3.8, 4) is 5.75 Å². The Morgan fingerprint density at radius 1 is 1.05 bits per heavy atom. The van der Waals surface area contributed by atoms with Gasteiger partial charge >= 0.3 is 0 Å². The van der Waals surface area contributed by atoms with Gasteiger partial charge in [0, 0.05) is 5.69 Å². The van der Waals surface area contributed by atoms with Crippen LogP contribution in [0.15, 0.2) is 42.5 Å². The lowest BCUT2D eigenvalue weighted by Crippen LogP contribution is -2.15. The number of aryl methyl sites for hydroxylation is 2. The molecule has 0 unspecified atom stereocenters. The number of hydrogen-bond acceptors (Lipinski definition) is 3. The summed E-state index contributed by atoms with van der Waals surface area (Å²) in [6.07, 6.45) is 0. The highest BCUT2D eigenvalue weighted by Gasteiger charge is 2.12. The average molecular weight is 305 g/mol. The van der Waals surface area contributed by atoms with E-state index >= 15 is 0 Å². The normalized spacial score (nSPS) is 11.2. The molecule has 0 saturated carbocycles. The molecule has 0 amide bonds. The summed E-state index contributed by atoms with van der Waals surface area (Å²) in [5.74, 6) is 0.690. The highest BCUT2D eigenvalue weighted by atomic mass is 32.2. The summed E-state index contributed by atoms with van der Waals surface area (Å²) >= 11 is 0. The van der Waals surface area contributed by atoms with Crippen molar-refractivity contribution >= 4 is 15.7 Å². The molecule has 2 aromatic rings. The molecule has 21 heavy (non-hydrogen) atoms. The fourth-order valence-electron chi connectivity index (χ4n) is 2.06. The molecule has 0 spiro atoms. The van der Waals surface area contributed by atoms with Crippen molar-refractivity contribution in [2.24, 2.45) is 0 Å². The summed E-state index contributed by atoms with van der Waals surface area (Å²) in [4.78, 5) is 0. The molecule has 0 aromatic heterocycles. The van der Waals surface area contributed by atoms with E-state index in [9.17, 15) is 8.42 Å². The maximum atomic E-state index is 12.2. The highest BCUT2D eigenvalue weighted by molar-refractivity contribution is 7.91. The van der Waals surface area contributed by atoms with Crippen molar-refractivity contribution in [1.82, 2.24) is 0 Å². The van der Waals surface area contributed by atoms with E-state index in [0.29, 0.717) is 5.69 Å². The number of anilines is 1. The van der Waals surface area contributed by atoms with Gasteiger partial charge in [-0.05, 0) is 43.2 Å². The van der Waals surface area contributed by atoms with E-state index in [-0.39, 0.29) is 5.75 Å². The Balaban J connectivity index is 2.13. The Kier molecular flexibility index (Phi) is 4.53. The zero-order valence-corrected chi connectivity index (χ0v) is 13.2. The Morgan fingerprint density at radius 3 is 2.29 bits per heavy atom. The largest absolute Gasteiger partial charge is 0.496 e. The minimum atomic E-state index is -3.43. The van der Waals surface area contributed by atoms with Crippen molar-refractivity contribution in [2.75, 3.05) is 11.8 Å². The Bertz CT molecular complexity index is 722. The zero-order valence-electron chi connectivity index (χ0n) is 12.4. The number of methoxy groups -OCH3 is 1. The lowest BCUT2D eigenvalue weighted by Gasteiger charge is -2.11. The maximum absolute atomic E-state index is 12.2. The van der Waals surface area contributed by atoms with E-state index in [1.54, 1.807) is 25.3 Å². The molecule has 2 rings (SSSR count). The molecule has 0 aliphatic rings. The average Bonchev–Trinajstić information content (AvgIpc) is 2.41. The van der Waals surface area contributed by atoms with Crippen LogP contribution in [0.2, 0.25) is 0 Å². The van der Waals surface area contributed by atoms with E-state index in [4.69, 9.17) is 4.74 Å². The van der Waals surface area contributed by atoms with E-state index < -0.39 is 10.0 Å². The predicted octanol–water partition coefficient (Wildman–Crippen LogP) is 3.25. The molecule has 0 aliphatic heterocycles. The van der Waals surface area contributed by atoms with Gasteiger partial charge in [0.2, 0.25) is 10.0 Å². The first-order chi connectivity index (χ1) is 9.89. The molecule has 0 saturated heterocycles. The molecule has 0 atom stereocenters. The third kappa shape index (κ3) is 4.23. The van der Waals surface area contributed by atoms with Gasteiger partial charge < -0.3 is 4.74 Å².